The molecule has 10 nitrogen and oxygen atoms in total. The maximum Gasteiger partial charge on any atom is 0.306 e. The van der Waals surface area contributed by atoms with Gasteiger partial charge in [0.2, 0.25) is 5.91 Å². The highest BCUT2D eigenvalue weighted by molar-refractivity contribution is 5.78. The third-order valence-electron chi connectivity index (χ3n) is 14.5. The third kappa shape index (κ3) is 22.5. The summed E-state index contributed by atoms with van der Waals surface area (Å²) >= 11 is 0. The van der Waals surface area contributed by atoms with Crippen molar-refractivity contribution in [1.82, 2.24) is 5.32 Å². The topological polar surface area (TPSA) is 119 Å². The molecule has 2 fully saturated rings. The van der Waals surface area contributed by atoms with Crippen LogP contribution in [0.4, 0.5) is 0 Å². The second kappa shape index (κ2) is 35.4. The van der Waals surface area contributed by atoms with Gasteiger partial charge in [0.15, 0.2) is 18.7 Å². The van der Waals surface area contributed by atoms with Gasteiger partial charge in [-0.15, -0.1) is 0 Å². The summed E-state index contributed by atoms with van der Waals surface area (Å²) in [5.74, 6) is -0.969. The molecule has 1 amide bonds. The Morgan fingerprint density at radius 3 is 1.61 bits per heavy atom. The molecular formula is C64H89NO9. The van der Waals surface area contributed by atoms with Gasteiger partial charge in [-0.3, -0.25) is 14.4 Å². The van der Waals surface area contributed by atoms with Crippen LogP contribution in [-0.2, 0) is 62.3 Å². The normalized spacial score (nSPS) is 19.8. The highest BCUT2D eigenvalue weighted by Crippen LogP contribution is 2.36. The first-order chi connectivity index (χ1) is 36.4. The smallest absolute Gasteiger partial charge is 0.306 e. The minimum Gasteiger partial charge on any atom is -0.462 e. The van der Waals surface area contributed by atoms with Crippen molar-refractivity contribution in [2.24, 2.45) is 0 Å². The van der Waals surface area contributed by atoms with Crippen LogP contribution in [0.3, 0.4) is 0 Å². The summed E-state index contributed by atoms with van der Waals surface area (Å²) in [6.07, 6.45) is 21.3. The van der Waals surface area contributed by atoms with Crippen LogP contribution in [0.2, 0.25) is 0 Å². The van der Waals surface area contributed by atoms with E-state index in [9.17, 15) is 14.4 Å². The Bertz CT molecular complexity index is 2090. The number of ether oxygens (including phenoxy) is 6. The van der Waals surface area contributed by atoms with Crippen molar-refractivity contribution >= 4 is 17.8 Å². The van der Waals surface area contributed by atoms with E-state index < -0.39 is 43.0 Å². The van der Waals surface area contributed by atoms with E-state index in [1.807, 2.05) is 60.7 Å². The predicted octanol–water partition coefficient (Wildman–Crippen LogP) is 14.6. The van der Waals surface area contributed by atoms with Crippen molar-refractivity contribution in [3.63, 3.8) is 0 Å². The monoisotopic (exact) mass is 1020 g/mol. The van der Waals surface area contributed by atoms with E-state index in [0.717, 1.165) is 107 Å². The van der Waals surface area contributed by atoms with Crippen molar-refractivity contribution < 1.29 is 42.8 Å². The molecule has 0 aromatic heterocycles. The fourth-order valence-corrected chi connectivity index (χ4v) is 10.2. The fourth-order valence-electron chi connectivity index (χ4n) is 10.2. The highest BCUT2D eigenvalue weighted by Gasteiger charge is 2.53. The Balaban J connectivity index is 1.09. The van der Waals surface area contributed by atoms with Crippen LogP contribution in [-0.4, -0.2) is 61.2 Å². The zero-order valence-electron chi connectivity index (χ0n) is 44.8. The van der Waals surface area contributed by atoms with Gasteiger partial charge >= 0.3 is 11.9 Å². The summed E-state index contributed by atoms with van der Waals surface area (Å²) in [7, 11) is 0. The van der Waals surface area contributed by atoms with Crippen molar-refractivity contribution in [2.45, 2.75) is 230 Å². The molecule has 1 unspecified atom stereocenters. The summed E-state index contributed by atoms with van der Waals surface area (Å²) in [5.41, 5.74) is 4.49. The van der Waals surface area contributed by atoms with Crippen molar-refractivity contribution in [2.75, 3.05) is 6.61 Å². The number of benzene rings is 4. The Hall–Kier alpha value is -4.87. The van der Waals surface area contributed by atoms with Gasteiger partial charge in [-0.2, -0.15) is 0 Å². The van der Waals surface area contributed by atoms with Gasteiger partial charge in [0.05, 0.1) is 19.6 Å². The van der Waals surface area contributed by atoms with Crippen LogP contribution in [0.1, 0.15) is 196 Å². The molecule has 2 aliphatic rings. The largest absolute Gasteiger partial charge is 0.462 e. The van der Waals surface area contributed by atoms with Crippen LogP contribution in [0.15, 0.2) is 121 Å². The average Bonchev–Trinajstić information content (AvgIpc) is 3.42. The number of hydrogen-bond acceptors (Lipinski definition) is 9. The van der Waals surface area contributed by atoms with E-state index >= 15 is 0 Å². The van der Waals surface area contributed by atoms with Crippen LogP contribution in [0, 0.1) is 0 Å². The Labute approximate surface area is 444 Å². The number of esters is 2. The molecule has 404 valence electrons. The number of hydrogen-bond donors (Lipinski definition) is 1. The summed E-state index contributed by atoms with van der Waals surface area (Å²) in [5, 5.41) is 3.20. The summed E-state index contributed by atoms with van der Waals surface area (Å²) < 4.78 is 38.7. The molecule has 2 saturated heterocycles. The van der Waals surface area contributed by atoms with E-state index in [0.29, 0.717) is 19.3 Å². The minimum atomic E-state index is -1.01. The van der Waals surface area contributed by atoms with E-state index in [4.69, 9.17) is 28.4 Å². The molecule has 0 spiro atoms. The lowest BCUT2D eigenvalue weighted by molar-refractivity contribution is -0.346. The fraction of sp³-hybridized carbons (Fsp3) is 0.578. The molecule has 0 aliphatic carbocycles. The van der Waals surface area contributed by atoms with Crippen molar-refractivity contribution in [1.29, 1.82) is 0 Å². The van der Waals surface area contributed by atoms with Crippen LogP contribution >= 0.6 is 0 Å². The molecule has 74 heavy (non-hydrogen) atoms. The first-order valence-corrected chi connectivity index (χ1v) is 28.8. The Morgan fingerprint density at radius 1 is 0.554 bits per heavy atom. The second-order valence-corrected chi connectivity index (χ2v) is 20.7. The molecule has 2 heterocycles. The van der Waals surface area contributed by atoms with E-state index in [2.05, 4.69) is 72.9 Å². The second-order valence-electron chi connectivity index (χ2n) is 20.7. The van der Waals surface area contributed by atoms with Crippen molar-refractivity contribution in [3.05, 3.63) is 144 Å². The van der Waals surface area contributed by atoms with E-state index in [-0.39, 0.29) is 43.9 Å². The zero-order chi connectivity index (χ0) is 51.7. The average molecular weight is 1020 g/mol. The molecular weight excluding hydrogens is 927 g/mol. The van der Waals surface area contributed by atoms with Gasteiger partial charge in [-0.25, -0.2) is 0 Å². The maximum atomic E-state index is 14.5. The number of rotatable bonds is 37. The molecule has 0 bridgehead atoms. The number of fused-ring (bicyclic) bond motifs is 1. The number of aryl methyl sites for hydroxylation is 2. The van der Waals surface area contributed by atoms with Crippen LogP contribution in [0.5, 0.6) is 0 Å². The van der Waals surface area contributed by atoms with Gasteiger partial charge in [-0.05, 0) is 68.1 Å². The molecule has 7 atom stereocenters. The predicted molar refractivity (Wildman–Crippen MR) is 293 cm³/mol. The van der Waals surface area contributed by atoms with Crippen LogP contribution < -0.4 is 5.32 Å². The number of unbranched alkanes of at least 4 members (excludes halogenated alkanes) is 18. The molecule has 0 saturated carbocycles. The lowest BCUT2D eigenvalue weighted by Gasteiger charge is -2.49. The van der Waals surface area contributed by atoms with Gasteiger partial charge in [0.25, 0.3) is 0 Å². The summed E-state index contributed by atoms with van der Waals surface area (Å²) in [4.78, 5) is 42.0. The summed E-state index contributed by atoms with van der Waals surface area (Å²) in [6.45, 7) is 2.60. The number of carbonyl (C=O) groups excluding carboxylic acids is 3. The lowest BCUT2D eigenvalue weighted by atomic mass is 9.94. The van der Waals surface area contributed by atoms with Gasteiger partial charge < -0.3 is 33.7 Å². The third-order valence-corrected chi connectivity index (χ3v) is 14.5. The first kappa shape index (κ1) is 58.4. The highest BCUT2D eigenvalue weighted by atomic mass is 16.8. The summed E-state index contributed by atoms with van der Waals surface area (Å²) in [6, 6.07) is 39.7. The molecule has 6 rings (SSSR count). The standard InChI is InChI=1S/C64H89NO9/c1-2-3-4-5-6-7-8-15-32-45-55(71-58(67)46-33-16-11-9-13-22-35-51-37-24-18-25-38-51)48-57(66)65-60-62(73-59(68)47-34-17-12-10-14-23-36-52-39-26-19-27-40-52)61-56(50-70-63(74-61)54-43-30-21-31-44-54)72-64(60)69-49-53-41-28-20-29-42-53/h18-21,24-31,37-44,55-56,60-64H,2-17,22-23,32-36,45-50H2,1H3,(H,65,66)/t55-,56+,60+,61+,62+,63?,64-/m0/s1. The van der Waals surface area contributed by atoms with E-state index in [1.54, 1.807) is 0 Å². The minimum absolute atomic E-state index is 0.0389. The first-order valence-electron chi connectivity index (χ1n) is 28.8. The van der Waals surface area contributed by atoms with Gasteiger partial charge in [0.1, 0.15) is 24.4 Å². The molecule has 4 aromatic rings. The van der Waals surface area contributed by atoms with Crippen molar-refractivity contribution in [3.8, 4) is 0 Å². The van der Waals surface area contributed by atoms with Crippen LogP contribution in [0.25, 0.3) is 0 Å². The zero-order valence-corrected chi connectivity index (χ0v) is 44.8. The molecule has 4 aromatic carbocycles. The maximum absolute atomic E-state index is 14.5. The number of nitrogens with one attached hydrogen (secondary N) is 1. The molecule has 2 aliphatic heterocycles. The SMILES string of the molecule is CCCCCCCCCCC[C@@H](CC(=O)N[C@H]1[C@@H](OCc2ccccc2)O[C@@H]2COC(c3ccccc3)O[C@H]2[C@@H]1OC(=O)CCCCCCCCc1ccccc1)OC(=O)CCCCCCCCc1ccccc1. The number of amides is 1. The number of carbonyl (C=O) groups is 3. The van der Waals surface area contributed by atoms with Gasteiger partial charge in [-0.1, -0.05) is 231 Å². The lowest BCUT2D eigenvalue weighted by Crippen LogP contribution is -2.67. The quantitative estimate of drug-likeness (QED) is 0.0348. The Kier molecular flexibility index (Phi) is 27.9. The molecule has 1 N–H and O–H groups in total. The Morgan fingerprint density at radius 2 is 1.04 bits per heavy atom. The van der Waals surface area contributed by atoms with Gasteiger partial charge in [0, 0.05) is 18.4 Å². The molecule has 10 heteroatoms. The van der Waals surface area contributed by atoms with E-state index in [1.165, 1.54) is 56.1 Å². The molecule has 0 radical (unpaired) electrons.